The lowest BCUT2D eigenvalue weighted by Gasteiger charge is -2.19. The number of para-hydroxylation sites is 1. The van der Waals surface area contributed by atoms with Crippen LogP contribution in [0.25, 0.3) is 16.6 Å². The van der Waals surface area contributed by atoms with Crippen molar-refractivity contribution in [2.24, 2.45) is 0 Å². The van der Waals surface area contributed by atoms with E-state index in [1.165, 1.54) is 0 Å². The fourth-order valence-electron chi connectivity index (χ4n) is 3.49. The minimum absolute atomic E-state index is 0.331. The Hall–Kier alpha value is -3.19. The first-order valence-electron chi connectivity index (χ1n) is 9.49. The maximum atomic E-state index is 13.5. The Morgan fingerprint density at radius 3 is 2.53 bits per heavy atom. The molecule has 6 nitrogen and oxygen atoms in total. The molecule has 0 fully saturated rings. The van der Waals surface area contributed by atoms with Crippen molar-refractivity contribution in [1.82, 2.24) is 15.1 Å². The highest BCUT2D eigenvalue weighted by atomic mass is 35.5. The van der Waals surface area contributed by atoms with Crippen LogP contribution in [0.4, 0.5) is 5.69 Å². The summed E-state index contributed by atoms with van der Waals surface area (Å²) in [5, 5.41) is 22.0. The summed E-state index contributed by atoms with van der Waals surface area (Å²) < 4.78 is 1.64. The second-order valence-corrected chi connectivity index (χ2v) is 7.38. The molecule has 0 spiro atoms. The summed E-state index contributed by atoms with van der Waals surface area (Å²) in [4.78, 5) is 13.5. The number of halogens is 1. The fraction of sp³-hybridized carbons (Fsp3) is 0.130. The van der Waals surface area contributed by atoms with Gasteiger partial charge in [0.05, 0.1) is 16.9 Å². The van der Waals surface area contributed by atoms with Gasteiger partial charge in [-0.3, -0.25) is 10.1 Å². The van der Waals surface area contributed by atoms with E-state index in [0.29, 0.717) is 22.0 Å². The largest absolute Gasteiger partial charge is 0.374 e. The highest BCUT2D eigenvalue weighted by Gasteiger charge is 2.22. The number of nitrogens with one attached hydrogen (secondary N) is 2. The third-order valence-electron chi connectivity index (χ3n) is 4.93. The molecule has 30 heavy (non-hydrogen) atoms. The molecule has 3 N–H and O–H groups in total. The van der Waals surface area contributed by atoms with Crippen molar-refractivity contribution in [3.8, 4) is 5.69 Å². The second-order valence-electron chi connectivity index (χ2n) is 6.95. The third kappa shape index (κ3) is 3.68. The van der Waals surface area contributed by atoms with Crippen molar-refractivity contribution in [3.05, 3.63) is 88.6 Å². The molecule has 1 aromatic heterocycles. The van der Waals surface area contributed by atoms with E-state index in [9.17, 15) is 9.90 Å². The summed E-state index contributed by atoms with van der Waals surface area (Å²) in [5.41, 5.74) is 3.66. The number of amides is 1. The van der Waals surface area contributed by atoms with Crippen LogP contribution in [0.3, 0.4) is 0 Å². The molecule has 1 amide bonds. The van der Waals surface area contributed by atoms with E-state index in [0.717, 1.165) is 22.2 Å². The van der Waals surface area contributed by atoms with Crippen LogP contribution in [-0.2, 0) is 0 Å². The van der Waals surface area contributed by atoms with Crippen LogP contribution < -0.4 is 10.6 Å². The van der Waals surface area contributed by atoms with Gasteiger partial charge in [-0.15, -0.1) is 0 Å². The van der Waals surface area contributed by atoms with Crippen LogP contribution >= 0.6 is 11.6 Å². The number of nitrogens with zero attached hydrogens (tertiary/aromatic N) is 2. The molecule has 3 aromatic carbocycles. The van der Waals surface area contributed by atoms with E-state index in [1.54, 1.807) is 23.9 Å². The maximum absolute atomic E-state index is 13.5. The first kappa shape index (κ1) is 20.1. The maximum Gasteiger partial charge on any atom is 0.275 e. The van der Waals surface area contributed by atoms with E-state index in [1.807, 2.05) is 61.5 Å². The summed E-state index contributed by atoms with van der Waals surface area (Å²) in [7, 11) is 1.63. The van der Waals surface area contributed by atoms with Crippen molar-refractivity contribution in [3.63, 3.8) is 0 Å². The van der Waals surface area contributed by atoms with Gasteiger partial charge in [-0.25, -0.2) is 4.68 Å². The molecule has 0 saturated heterocycles. The molecule has 0 bridgehead atoms. The fourth-order valence-corrected chi connectivity index (χ4v) is 3.77. The number of benzene rings is 3. The summed E-state index contributed by atoms with van der Waals surface area (Å²) in [6, 6.07) is 20.4. The van der Waals surface area contributed by atoms with Crippen molar-refractivity contribution in [2.45, 2.75) is 13.2 Å². The molecular weight excluding hydrogens is 400 g/mol. The van der Waals surface area contributed by atoms with Crippen molar-refractivity contribution in [1.29, 1.82) is 0 Å². The van der Waals surface area contributed by atoms with Gasteiger partial charge < -0.3 is 10.4 Å². The van der Waals surface area contributed by atoms with Crippen molar-refractivity contribution in [2.75, 3.05) is 12.4 Å². The number of hydrogen-bond acceptors (Lipinski definition) is 4. The smallest absolute Gasteiger partial charge is 0.275 e. The van der Waals surface area contributed by atoms with Gasteiger partial charge in [-0.2, -0.15) is 5.10 Å². The SMILES string of the molecule is CNC(O)c1cc(Cl)cc(C)c1NC(=O)c1c2ccccc2nn1-c1ccccc1. The summed E-state index contributed by atoms with van der Waals surface area (Å²) in [5.74, 6) is -0.331. The zero-order chi connectivity index (χ0) is 21.3. The third-order valence-corrected chi connectivity index (χ3v) is 5.15. The molecule has 4 aromatic rings. The molecule has 1 heterocycles. The van der Waals surface area contributed by atoms with Crippen LogP contribution in [0, 0.1) is 6.92 Å². The topological polar surface area (TPSA) is 79.2 Å². The van der Waals surface area contributed by atoms with E-state index in [4.69, 9.17) is 11.6 Å². The van der Waals surface area contributed by atoms with Gasteiger partial charge in [0.1, 0.15) is 11.9 Å². The zero-order valence-corrected chi connectivity index (χ0v) is 17.3. The van der Waals surface area contributed by atoms with Gasteiger partial charge in [0.2, 0.25) is 0 Å². The number of hydrogen-bond donors (Lipinski definition) is 3. The lowest BCUT2D eigenvalue weighted by atomic mass is 10.1. The molecule has 1 atom stereocenters. The van der Waals surface area contributed by atoms with Crippen LogP contribution in [-0.4, -0.2) is 27.8 Å². The zero-order valence-electron chi connectivity index (χ0n) is 16.6. The number of aromatic nitrogens is 2. The lowest BCUT2D eigenvalue weighted by Crippen LogP contribution is -2.22. The summed E-state index contributed by atoms with van der Waals surface area (Å²) in [6.45, 7) is 1.83. The molecule has 0 aliphatic rings. The highest BCUT2D eigenvalue weighted by molar-refractivity contribution is 6.31. The van der Waals surface area contributed by atoms with Crippen molar-refractivity contribution < 1.29 is 9.90 Å². The Morgan fingerprint density at radius 2 is 1.80 bits per heavy atom. The van der Waals surface area contributed by atoms with Crippen molar-refractivity contribution >= 4 is 34.1 Å². The van der Waals surface area contributed by atoms with E-state index >= 15 is 0 Å². The molecule has 0 saturated carbocycles. The van der Waals surface area contributed by atoms with E-state index < -0.39 is 6.23 Å². The van der Waals surface area contributed by atoms with Gasteiger partial charge in [-0.1, -0.05) is 48.0 Å². The lowest BCUT2D eigenvalue weighted by molar-refractivity contribution is 0.102. The average molecular weight is 421 g/mol. The Kier molecular flexibility index (Phi) is 5.55. The Morgan fingerprint density at radius 1 is 1.10 bits per heavy atom. The Balaban J connectivity index is 1.84. The van der Waals surface area contributed by atoms with Gasteiger partial charge in [0.15, 0.2) is 0 Å². The van der Waals surface area contributed by atoms with E-state index in [2.05, 4.69) is 15.7 Å². The molecule has 1 unspecified atom stereocenters. The van der Waals surface area contributed by atoms with Gasteiger partial charge >= 0.3 is 0 Å². The summed E-state index contributed by atoms with van der Waals surface area (Å²) in [6.07, 6.45) is -0.978. The second kappa shape index (κ2) is 8.28. The average Bonchev–Trinajstić information content (AvgIpc) is 3.15. The minimum atomic E-state index is -0.978. The summed E-state index contributed by atoms with van der Waals surface area (Å²) >= 11 is 6.18. The van der Waals surface area contributed by atoms with Gasteiger partial charge in [0, 0.05) is 16.0 Å². The van der Waals surface area contributed by atoms with Crippen LogP contribution in [0.15, 0.2) is 66.7 Å². The predicted molar refractivity (Wildman–Crippen MR) is 119 cm³/mol. The number of aliphatic hydroxyl groups excluding tert-OH is 1. The standard InChI is InChI=1S/C23H21ClN4O2/c1-14-12-15(24)13-18(22(29)25-2)20(14)26-23(30)21-17-10-6-7-11-19(17)27-28(21)16-8-4-3-5-9-16/h3-13,22,25,29H,1-2H3,(H,26,30). The Bertz CT molecular complexity index is 1220. The molecule has 0 aliphatic heterocycles. The number of aliphatic hydroxyl groups is 1. The molecule has 4 rings (SSSR count). The number of carbonyl (C=O) groups is 1. The number of rotatable bonds is 5. The van der Waals surface area contributed by atoms with Gasteiger partial charge in [-0.05, 0) is 49.9 Å². The number of fused-ring (bicyclic) bond motifs is 1. The van der Waals surface area contributed by atoms with Crippen LogP contribution in [0.1, 0.15) is 27.8 Å². The molecule has 0 aliphatic carbocycles. The highest BCUT2D eigenvalue weighted by Crippen LogP contribution is 2.31. The van der Waals surface area contributed by atoms with Gasteiger partial charge in [0.25, 0.3) is 5.91 Å². The minimum Gasteiger partial charge on any atom is -0.374 e. The van der Waals surface area contributed by atoms with E-state index in [-0.39, 0.29) is 5.91 Å². The normalized spacial score (nSPS) is 12.1. The first-order chi connectivity index (χ1) is 14.5. The molecule has 7 heteroatoms. The molecule has 152 valence electrons. The molecular formula is C23H21ClN4O2. The number of carbonyl (C=O) groups excluding carboxylic acids is 1. The monoisotopic (exact) mass is 420 g/mol. The van der Waals surface area contributed by atoms with Crippen LogP contribution in [0.2, 0.25) is 5.02 Å². The Labute approximate surface area is 179 Å². The first-order valence-corrected chi connectivity index (χ1v) is 9.87. The number of anilines is 1. The quantitative estimate of drug-likeness (QED) is 0.417. The number of aryl methyl sites for hydroxylation is 1. The van der Waals surface area contributed by atoms with Crippen LogP contribution in [0.5, 0.6) is 0 Å². The predicted octanol–water partition coefficient (Wildman–Crippen LogP) is 4.45. The molecule has 0 radical (unpaired) electrons.